The summed E-state index contributed by atoms with van der Waals surface area (Å²) >= 11 is 0. The van der Waals surface area contributed by atoms with Gasteiger partial charge < -0.3 is 4.74 Å². The van der Waals surface area contributed by atoms with Gasteiger partial charge in [-0.2, -0.15) is 26.3 Å². The number of carbonyl (C=O) groups is 1. The summed E-state index contributed by atoms with van der Waals surface area (Å²) in [7, 11) is 0. The Hall–Kier alpha value is -0.950. The molecule has 0 bridgehead atoms. The van der Waals surface area contributed by atoms with Crippen molar-refractivity contribution in [2.75, 3.05) is 0 Å². The van der Waals surface area contributed by atoms with E-state index in [1.807, 2.05) is 0 Å². The summed E-state index contributed by atoms with van der Waals surface area (Å²) in [5.74, 6) is -3.49. The van der Waals surface area contributed by atoms with Crippen LogP contribution in [-0.2, 0) is 9.53 Å². The molecule has 190 valence electrons. The van der Waals surface area contributed by atoms with E-state index >= 15 is 0 Å². The zero-order valence-corrected chi connectivity index (χ0v) is 20.6. The number of hydrogen-bond acceptors (Lipinski definition) is 2. The predicted molar refractivity (Wildman–Crippen MR) is 113 cm³/mol. The summed E-state index contributed by atoms with van der Waals surface area (Å²) in [6.07, 6.45) is -10.0. The first-order chi connectivity index (χ1) is 14.3. The van der Waals surface area contributed by atoms with E-state index in [-0.39, 0.29) is 32.1 Å². The summed E-state index contributed by atoms with van der Waals surface area (Å²) in [4.78, 5) is 12.7. The van der Waals surface area contributed by atoms with Gasteiger partial charge in [-0.3, -0.25) is 4.79 Å². The number of rotatable bonds is 8. The molecule has 8 heteroatoms. The molecule has 0 spiro atoms. The maximum Gasteiger partial charge on any atom is 0.395 e. The lowest BCUT2D eigenvalue weighted by Crippen LogP contribution is -2.54. The van der Waals surface area contributed by atoms with Crippen LogP contribution in [0.5, 0.6) is 0 Å². The summed E-state index contributed by atoms with van der Waals surface area (Å²) in [5.41, 5.74) is -5.19. The van der Waals surface area contributed by atoms with Crippen LogP contribution >= 0.6 is 0 Å². The Morgan fingerprint density at radius 1 is 0.844 bits per heavy atom. The molecule has 0 aromatic carbocycles. The van der Waals surface area contributed by atoms with Crippen LogP contribution in [0.3, 0.4) is 0 Å². The second-order valence-corrected chi connectivity index (χ2v) is 10.8. The van der Waals surface area contributed by atoms with Crippen LogP contribution < -0.4 is 0 Å². The van der Waals surface area contributed by atoms with Crippen molar-refractivity contribution in [3.63, 3.8) is 0 Å². The monoisotopic (exact) mass is 474 g/mol. The lowest BCUT2D eigenvalue weighted by molar-refractivity contribution is -0.281. The highest BCUT2D eigenvalue weighted by Gasteiger charge is 2.63. The molecule has 1 aliphatic rings. The Labute approximate surface area is 188 Å². The second kappa shape index (κ2) is 9.73. The van der Waals surface area contributed by atoms with Crippen LogP contribution in [0.2, 0.25) is 0 Å². The molecule has 0 aromatic heterocycles. The van der Waals surface area contributed by atoms with E-state index in [1.54, 1.807) is 27.7 Å². The summed E-state index contributed by atoms with van der Waals surface area (Å²) in [6.45, 7) is 11.8. The Balaban J connectivity index is 3.51. The minimum absolute atomic E-state index is 0.0757. The van der Waals surface area contributed by atoms with E-state index in [9.17, 15) is 31.1 Å². The third kappa shape index (κ3) is 5.40. The maximum absolute atomic E-state index is 14.6. The zero-order valence-electron chi connectivity index (χ0n) is 20.6. The molecule has 0 aliphatic heterocycles. The lowest BCUT2D eigenvalue weighted by Gasteiger charge is -2.52. The number of hydrogen-bond donors (Lipinski definition) is 0. The largest absolute Gasteiger partial charge is 0.462 e. The summed E-state index contributed by atoms with van der Waals surface area (Å²) in [5, 5.41) is 0. The molecule has 1 fully saturated rings. The van der Waals surface area contributed by atoms with Crippen molar-refractivity contribution in [1.29, 1.82) is 0 Å². The van der Waals surface area contributed by atoms with Crippen LogP contribution in [0.25, 0.3) is 0 Å². The Morgan fingerprint density at radius 3 is 1.72 bits per heavy atom. The molecule has 1 aliphatic carbocycles. The fraction of sp³-hybridized carbons (Fsp3) is 0.958. The first-order valence-electron chi connectivity index (χ1n) is 11.7. The minimum atomic E-state index is -4.58. The molecule has 5 atom stereocenters. The van der Waals surface area contributed by atoms with Gasteiger partial charge in [0.15, 0.2) is 0 Å². The van der Waals surface area contributed by atoms with Crippen molar-refractivity contribution < 1.29 is 35.9 Å². The number of ether oxygens (including phenoxy) is 1. The quantitative estimate of drug-likeness (QED) is 0.261. The van der Waals surface area contributed by atoms with Gasteiger partial charge in [0.2, 0.25) is 0 Å². The molecule has 0 amide bonds. The average Bonchev–Trinajstić information content (AvgIpc) is 2.66. The number of carbonyl (C=O) groups excluding carboxylic acids is 1. The normalized spacial score (nSPS) is 26.4. The van der Waals surface area contributed by atoms with Crippen molar-refractivity contribution in [3.05, 3.63) is 0 Å². The molecule has 0 aromatic rings. The third-order valence-corrected chi connectivity index (χ3v) is 8.46. The molecule has 32 heavy (non-hydrogen) atoms. The highest BCUT2D eigenvalue weighted by atomic mass is 19.4. The molecular formula is C24H40F6O2. The van der Waals surface area contributed by atoms with Gasteiger partial charge in [-0.05, 0) is 63.7 Å². The van der Waals surface area contributed by atoms with E-state index in [4.69, 9.17) is 4.74 Å². The molecule has 0 saturated heterocycles. The van der Waals surface area contributed by atoms with Crippen LogP contribution in [0.1, 0.15) is 93.9 Å². The van der Waals surface area contributed by atoms with Gasteiger partial charge >= 0.3 is 18.3 Å². The van der Waals surface area contributed by atoms with Crippen molar-refractivity contribution in [3.8, 4) is 0 Å². The molecular weight excluding hydrogens is 434 g/mol. The van der Waals surface area contributed by atoms with E-state index < -0.39 is 58.4 Å². The van der Waals surface area contributed by atoms with Crippen LogP contribution in [0.15, 0.2) is 0 Å². The van der Waals surface area contributed by atoms with Gasteiger partial charge in [0.05, 0.1) is 16.2 Å². The summed E-state index contributed by atoms with van der Waals surface area (Å²) < 4.78 is 90.9. The van der Waals surface area contributed by atoms with Gasteiger partial charge in [0, 0.05) is 0 Å². The fourth-order valence-electron chi connectivity index (χ4n) is 5.17. The smallest absolute Gasteiger partial charge is 0.395 e. The molecule has 1 saturated carbocycles. The molecule has 0 N–H and O–H groups in total. The van der Waals surface area contributed by atoms with Gasteiger partial charge in [0.25, 0.3) is 0 Å². The molecule has 0 radical (unpaired) electrons. The van der Waals surface area contributed by atoms with Crippen LogP contribution in [0, 0.1) is 34.0 Å². The van der Waals surface area contributed by atoms with Crippen molar-refractivity contribution in [2.45, 2.75) is 112 Å². The van der Waals surface area contributed by atoms with Gasteiger partial charge in [-0.15, -0.1) is 0 Å². The molecule has 1 rings (SSSR count). The number of alkyl halides is 6. The average molecular weight is 475 g/mol. The molecule has 2 nitrogen and oxygen atoms in total. The Bertz CT molecular complexity index is 637. The lowest BCUT2D eigenvalue weighted by atomic mass is 9.55. The Kier molecular flexibility index (Phi) is 8.84. The molecule has 5 unspecified atom stereocenters. The first-order valence-corrected chi connectivity index (χ1v) is 11.7. The first kappa shape index (κ1) is 29.1. The van der Waals surface area contributed by atoms with Crippen molar-refractivity contribution in [1.82, 2.24) is 0 Å². The van der Waals surface area contributed by atoms with Crippen LogP contribution in [0.4, 0.5) is 26.3 Å². The van der Waals surface area contributed by atoms with Crippen molar-refractivity contribution >= 4 is 5.97 Å². The maximum atomic E-state index is 14.6. The summed E-state index contributed by atoms with van der Waals surface area (Å²) in [6, 6.07) is 0. The van der Waals surface area contributed by atoms with E-state index in [0.717, 1.165) is 13.8 Å². The second-order valence-electron chi connectivity index (χ2n) is 10.8. The highest BCUT2D eigenvalue weighted by molar-refractivity contribution is 5.76. The predicted octanol–water partition coefficient (Wildman–Crippen LogP) is 8.34. The van der Waals surface area contributed by atoms with Gasteiger partial charge in [-0.1, -0.05) is 48.0 Å². The standard InChI is InChI=1S/C24H40F6O2/c1-9-15(4)22(11-3,24(28,29)30)17-12-16(21(7,8)23(25,26)27)13-18(14-17)32-19(31)20(5,6)10-2/h15-18H,9-14H2,1-8H3. The van der Waals surface area contributed by atoms with Gasteiger partial charge in [0.1, 0.15) is 6.10 Å². The Morgan fingerprint density at radius 2 is 1.34 bits per heavy atom. The zero-order chi connectivity index (χ0) is 25.3. The number of esters is 1. The topological polar surface area (TPSA) is 26.3 Å². The SMILES string of the molecule is CCC(C)C(CC)(C1CC(OC(=O)C(C)(C)CC)CC(C(C)(C)C(F)(F)F)C1)C(F)(F)F. The van der Waals surface area contributed by atoms with E-state index in [2.05, 4.69) is 0 Å². The van der Waals surface area contributed by atoms with Crippen LogP contribution in [-0.4, -0.2) is 24.4 Å². The van der Waals surface area contributed by atoms with E-state index in [0.29, 0.717) is 6.42 Å². The minimum Gasteiger partial charge on any atom is -0.462 e. The number of halogens is 6. The van der Waals surface area contributed by atoms with Gasteiger partial charge in [-0.25, -0.2) is 0 Å². The third-order valence-electron chi connectivity index (χ3n) is 8.46. The van der Waals surface area contributed by atoms with E-state index in [1.165, 1.54) is 13.8 Å². The molecule has 0 heterocycles. The highest BCUT2D eigenvalue weighted by Crippen LogP contribution is 2.60. The van der Waals surface area contributed by atoms with Crippen molar-refractivity contribution in [2.24, 2.45) is 34.0 Å². The fourth-order valence-corrected chi connectivity index (χ4v) is 5.17.